The lowest BCUT2D eigenvalue weighted by molar-refractivity contribution is -0.137. The number of methoxy groups -OCH3 is 1. The maximum Gasteiger partial charge on any atom is 0.317 e. The van der Waals surface area contributed by atoms with Crippen LogP contribution in [0.1, 0.15) is 33.1 Å². The Balaban J connectivity index is 2.43. The fourth-order valence-corrected chi connectivity index (χ4v) is 2.25. The SMILES string of the molecule is COCCN(C(=O)NCC(C)CC(=O)O)C(C)C1CC1. The van der Waals surface area contributed by atoms with Gasteiger partial charge in [-0.25, -0.2) is 4.79 Å². The van der Waals surface area contributed by atoms with Gasteiger partial charge in [0, 0.05) is 32.7 Å². The number of nitrogens with one attached hydrogen (secondary N) is 1. The van der Waals surface area contributed by atoms with Gasteiger partial charge in [-0.3, -0.25) is 4.79 Å². The Hall–Kier alpha value is -1.30. The van der Waals surface area contributed by atoms with E-state index in [4.69, 9.17) is 9.84 Å². The van der Waals surface area contributed by atoms with Crippen molar-refractivity contribution in [1.82, 2.24) is 10.2 Å². The fraction of sp³-hybridized carbons (Fsp3) is 0.857. The topological polar surface area (TPSA) is 78.9 Å². The summed E-state index contributed by atoms with van der Waals surface area (Å²) < 4.78 is 5.05. The maximum absolute atomic E-state index is 12.2. The van der Waals surface area contributed by atoms with Crippen LogP contribution in [-0.4, -0.2) is 54.9 Å². The molecule has 0 radical (unpaired) electrons. The lowest BCUT2D eigenvalue weighted by Crippen LogP contribution is -2.48. The van der Waals surface area contributed by atoms with Crippen molar-refractivity contribution >= 4 is 12.0 Å². The van der Waals surface area contributed by atoms with Gasteiger partial charge in [0.1, 0.15) is 0 Å². The van der Waals surface area contributed by atoms with Crippen molar-refractivity contribution in [1.29, 1.82) is 0 Å². The van der Waals surface area contributed by atoms with Crippen LogP contribution in [0, 0.1) is 11.8 Å². The van der Waals surface area contributed by atoms with Gasteiger partial charge in [0.25, 0.3) is 0 Å². The molecule has 0 aliphatic heterocycles. The summed E-state index contributed by atoms with van der Waals surface area (Å²) in [6, 6.07) is 0.0821. The summed E-state index contributed by atoms with van der Waals surface area (Å²) in [5.41, 5.74) is 0. The molecule has 2 atom stereocenters. The summed E-state index contributed by atoms with van der Waals surface area (Å²) >= 11 is 0. The number of urea groups is 1. The van der Waals surface area contributed by atoms with Crippen molar-refractivity contribution in [3.05, 3.63) is 0 Å². The Bertz CT molecular complexity index is 331. The number of rotatable bonds is 9. The van der Waals surface area contributed by atoms with E-state index in [-0.39, 0.29) is 24.4 Å². The summed E-state index contributed by atoms with van der Waals surface area (Å²) in [5.74, 6) is -0.319. The minimum absolute atomic E-state index is 0.0660. The molecule has 0 saturated heterocycles. The summed E-state index contributed by atoms with van der Waals surface area (Å²) in [5, 5.41) is 11.5. The minimum Gasteiger partial charge on any atom is -0.481 e. The first-order chi connectivity index (χ1) is 9.45. The number of carboxylic acids is 1. The molecule has 2 amide bonds. The van der Waals surface area contributed by atoms with Gasteiger partial charge in [0.2, 0.25) is 0 Å². The Labute approximate surface area is 120 Å². The number of nitrogens with zero attached hydrogens (tertiary/aromatic N) is 1. The monoisotopic (exact) mass is 286 g/mol. The molecule has 0 heterocycles. The highest BCUT2D eigenvalue weighted by molar-refractivity contribution is 5.74. The van der Waals surface area contributed by atoms with E-state index in [0.29, 0.717) is 25.6 Å². The minimum atomic E-state index is -0.839. The average molecular weight is 286 g/mol. The summed E-state index contributed by atoms with van der Waals surface area (Å²) in [6.45, 7) is 5.33. The van der Waals surface area contributed by atoms with Gasteiger partial charge in [-0.15, -0.1) is 0 Å². The van der Waals surface area contributed by atoms with Crippen LogP contribution in [-0.2, 0) is 9.53 Å². The first kappa shape index (κ1) is 16.8. The van der Waals surface area contributed by atoms with E-state index in [0.717, 1.165) is 0 Å². The highest BCUT2D eigenvalue weighted by atomic mass is 16.5. The molecular formula is C14H26N2O4. The lowest BCUT2D eigenvalue weighted by Gasteiger charge is -2.29. The fourth-order valence-electron chi connectivity index (χ4n) is 2.25. The number of hydrogen-bond acceptors (Lipinski definition) is 3. The normalized spacial score (nSPS) is 17.4. The molecule has 0 spiro atoms. The number of carbonyl (C=O) groups is 2. The van der Waals surface area contributed by atoms with Crippen LogP contribution in [0.4, 0.5) is 4.79 Å². The van der Waals surface area contributed by atoms with Crippen molar-refractivity contribution in [3.8, 4) is 0 Å². The number of carbonyl (C=O) groups excluding carboxylic acids is 1. The quantitative estimate of drug-likeness (QED) is 0.674. The standard InChI is InChI=1S/C14H26N2O4/c1-10(8-13(17)18)9-15-14(19)16(6-7-20-3)11(2)12-4-5-12/h10-12H,4-9H2,1-3H3,(H,15,19)(H,17,18). The molecule has 2 N–H and O–H groups in total. The zero-order chi connectivity index (χ0) is 15.1. The van der Waals surface area contributed by atoms with Crippen molar-refractivity contribution in [2.75, 3.05) is 26.8 Å². The molecule has 0 bridgehead atoms. The largest absolute Gasteiger partial charge is 0.481 e. The Morgan fingerprint density at radius 3 is 2.55 bits per heavy atom. The van der Waals surface area contributed by atoms with E-state index in [1.54, 1.807) is 12.0 Å². The Morgan fingerprint density at radius 2 is 2.05 bits per heavy atom. The van der Waals surface area contributed by atoms with Crippen LogP contribution in [0.5, 0.6) is 0 Å². The smallest absolute Gasteiger partial charge is 0.317 e. The first-order valence-corrected chi connectivity index (χ1v) is 7.20. The zero-order valence-corrected chi connectivity index (χ0v) is 12.6. The molecule has 6 heteroatoms. The highest BCUT2D eigenvalue weighted by Crippen LogP contribution is 2.35. The van der Waals surface area contributed by atoms with Crippen LogP contribution in [0.25, 0.3) is 0 Å². The number of aliphatic carboxylic acids is 1. The number of carboxylic acid groups (broad SMARTS) is 1. The van der Waals surface area contributed by atoms with E-state index >= 15 is 0 Å². The van der Waals surface area contributed by atoms with Crippen molar-refractivity contribution < 1.29 is 19.4 Å². The molecule has 116 valence electrons. The third kappa shape index (κ3) is 5.77. The average Bonchev–Trinajstić information content (AvgIpc) is 3.19. The maximum atomic E-state index is 12.2. The molecule has 1 rings (SSSR count). The van der Waals surface area contributed by atoms with Crippen LogP contribution in [0.2, 0.25) is 0 Å². The molecule has 0 aromatic carbocycles. The molecule has 6 nitrogen and oxygen atoms in total. The third-order valence-corrected chi connectivity index (χ3v) is 3.72. The van der Waals surface area contributed by atoms with Gasteiger partial charge in [-0.05, 0) is 31.6 Å². The van der Waals surface area contributed by atoms with E-state index in [9.17, 15) is 9.59 Å². The number of ether oxygens (including phenoxy) is 1. The molecule has 0 aromatic heterocycles. The summed E-state index contributed by atoms with van der Waals surface area (Å²) in [6.07, 6.45) is 2.41. The highest BCUT2D eigenvalue weighted by Gasteiger charge is 2.34. The van der Waals surface area contributed by atoms with Crippen molar-refractivity contribution in [2.45, 2.75) is 39.2 Å². The molecular weight excluding hydrogens is 260 g/mol. The molecule has 1 aliphatic rings. The first-order valence-electron chi connectivity index (χ1n) is 7.20. The van der Waals surface area contributed by atoms with E-state index in [1.807, 2.05) is 6.92 Å². The predicted molar refractivity (Wildman–Crippen MR) is 75.6 cm³/mol. The number of amides is 2. The van der Waals surface area contributed by atoms with Gasteiger partial charge in [-0.2, -0.15) is 0 Å². The summed E-state index contributed by atoms with van der Waals surface area (Å²) in [7, 11) is 1.62. The van der Waals surface area contributed by atoms with E-state index in [1.165, 1.54) is 12.8 Å². The molecule has 1 fully saturated rings. The van der Waals surface area contributed by atoms with E-state index in [2.05, 4.69) is 12.2 Å². The Kier molecular flexibility index (Phi) is 6.78. The summed E-state index contributed by atoms with van der Waals surface area (Å²) in [4.78, 5) is 24.6. The molecule has 20 heavy (non-hydrogen) atoms. The second-order valence-electron chi connectivity index (χ2n) is 5.65. The van der Waals surface area contributed by atoms with Gasteiger partial charge < -0.3 is 20.1 Å². The van der Waals surface area contributed by atoms with Gasteiger partial charge in [0.15, 0.2) is 0 Å². The second-order valence-corrected chi connectivity index (χ2v) is 5.65. The van der Waals surface area contributed by atoms with Crippen molar-refractivity contribution in [3.63, 3.8) is 0 Å². The van der Waals surface area contributed by atoms with Crippen LogP contribution in [0.3, 0.4) is 0 Å². The van der Waals surface area contributed by atoms with Crippen LogP contribution >= 0.6 is 0 Å². The molecule has 1 aliphatic carbocycles. The molecule has 1 saturated carbocycles. The van der Waals surface area contributed by atoms with Gasteiger partial charge in [0.05, 0.1) is 6.61 Å². The molecule has 0 aromatic rings. The second kappa shape index (κ2) is 8.09. The van der Waals surface area contributed by atoms with E-state index < -0.39 is 5.97 Å². The lowest BCUT2D eigenvalue weighted by atomic mass is 10.1. The predicted octanol–water partition coefficient (Wildman–Crippen LogP) is 1.55. The van der Waals surface area contributed by atoms with Crippen LogP contribution < -0.4 is 5.32 Å². The molecule has 2 unspecified atom stereocenters. The van der Waals surface area contributed by atoms with Crippen molar-refractivity contribution in [2.24, 2.45) is 11.8 Å². The van der Waals surface area contributed by atoms with Gasteiger partial charge in [-0.1, -0.05) is 6.92 Å². The Morgan fingerprint density at radius 1 is 1.40 bits per heavy atom. The van der Waals surface area contributed by atoms with Crippen LogP contribution in [0.15, 0.2) is 0 Å². The third-order valence-electron chi connectivity index (χ3n) is 3.72. The zero-order valence-electron chi connectivity index (χ0n) is 12.6. The van der Waals surface area contributed by atoms with Gasteiger partial charge >= 0.3 is 12.0 Å². The number of hydrogen-bond donors (Lipinski definition) is 2.